The number of Topliss-reactive ketones (excluding diaryl/α,β-unsaturated/α-hetero) is 1. The molecule has 2 aliphatic rings. The first kappa shape index (κ1) is 31.3. The van der Waals surface area contributed by atoms with Crippen molar-refractivity contribution in [3.05, 3.63) is 21.7 Å². The fraction of sp³-hybridized carbons (Fsp3) is 0.759. The molecule has 0 unspecified atom stereocenters. The predicted octanol–water partition coefficient (Wildman–Crippen LogP) is 5.42. The number of aliphatic hydroxyl groups is 2. The number of carbonyl (C=O) groups excluding carboxylic acids is 2. The lowest BCUT2D eigenvalue weighted by Gasteiger charge is -2.34. The summed E-state index contributed by atoms with van der Waals surface area (Å²) in [7, 11) is 0. The number of cyclic esters (lactones) is 1. The third-order valence-corrected chi connectivity index (χ3v) is 10.2. The van der Waals surface area contributed by atoms with Crippen LogP contribution in [-0.2, 0) is 24.8 Å². The number of aromatic nitrogens is 1. The number of nitrogens with zero attached hydrogens (tertiary/aromatic N) is 1. The standard InChI is InChI=1S/C29H45NO6S2/c1-8-37-16-24-30-20(15-38-24)12-18(3)21-13-23-29(7,36-23)11-9-10-17(2)26(33)19(4)27(34)28(5,6)22(31)14-25(32)35-21/h12,15,17,19,21-23,26,31,33H,8-11,13-14,16H2,1-7H3/t17-,19+,21-,22-,23-,26-,29+/m0/s1. The number of epoxide rings is 1. The number of esters is 1. The summed E-state index contributed by atoms with van der Waals surface area (Å²) < 4.78 is 12.0. The Balaban J connectivity index is 1.83. The summed E-state index contributed by atoms with van der Waals surface area (Å²) in [5, 5.41) is 24.9. The molecule has 0 aliphatic carbocycles. The zero-order valence-electron chi connectivity index (χ0n) is 23.9. The van der Waals surface area contributed by atoms with E-state index >= 15 is 0 Å². The molecule has 0 amide bonds. The number of hydrogen-bond donors (Lipinski definition) is 2. The molecule has 1 aromatic rings. The van der Waals surface area contributed by atoms with Crippen molar-refractivity contribution in [2.45, 2.75) is 116 Å². The Labute approximate surface area is 235 Å². The van der Waals surface area contributed by atoms with Gasteiger partial charge in [-0.1, -0.05) is 41.0 Å². The summed E-state index contributed by atoms with van der Waals surface area (Å²) in [4.78, 5) is 31.0. The topological polar surface area (TPSA) is 109 Å². The molecule has 38 heavy (non-hydrogen) atoms. The fourth-order valence-corrected chi connectivity index (χ4v) is 6.77. The number of hydrogen-bond acceptors (Lipinski definition) is 9. The van der Waals surface area contributed by atoms with Crippen LogP contribution in [0.25, 0.3) is 6.08 Å². The molecule has 2 N–H and O–H groups in total. The van der Waals surface area contributed by atoms with Crippen LogP contribution < -0.4 is 0 Å². The lowest BCUT2D eigenvalue weighted by molar-refractivity contribution is -0.154. The van der Waals surface area contributed by atoms with Gasteiger partial charge in [-0.2, -0.15) is 11.8 Å². The van der Waals surface area contributed by atoms with Crippen LogP contribution in [0.5, 0.6) is 0 Å². The normalized spacial score (nSPS) is 35.4. The van der Waals surface area contributed by atoms with Gasteiger partial charge in [-0.15, -0.1) is 11.3 Å². The van der Waals surface area contributed by atoms with Gasteiger partial charge in [0.2, 0.25) is 0 Å². The molecule has 214 valence electrons. The summed E-state index contributed by atoms with van der Waals surface area (Å²) in [6, 6.07) is 0. The van der Waals surface area contributed by atoms with E-state index in [1.54, 1.807) is 32.1 Å². The van der Waals surface area contributed by atoms with Gasteiger partial charge in [0, 0.05) is 23.5 Å². The van der Waals surface area contributed by atoms with E-state index in [0.717, 1.165) is 47.0 Å². The molecule has 0 saturated carbocycles. The summed E-state index contributed by atoms with van der Waals surface area (Å²) in [5.41, 5.74) is 0.200. The molecule has 3 heterocycles. The van der Waals surface area contributed by atoms with Crippen LogP contribution in [0.2, 0.25) is 0 Å². The van der Waals surface area contributed by atoms with Crippen LogP contribution in [0.1, 0.15) is 91.3 Å². The van der Waals surface area contributed by atoms with Crippen molar-refractivity contribution in [2.75, 3.05) is 5.75 Å². The molecule has 2 aliphatic heterocycles. The Hall–Kier alpha value is -1.26. The second kappa shape index (κ2) is 12.9. The number of fused-ring (bicyclic) bond motifs is 1. The maximum atomic E-state index is 13.3. The first-order valence-electron chi connectivity index (χ1n) is 13.8. The number of rotatable bonds is 5. The van der Waals surface area contributed by atoms with Crippen LogP contribution in [0.15, 0.2) is 11.0 Å². The molecule has 0 aromatic carbocycles. The van der Waals surface area contributed by atoms with E-state index in [9.17, 15) is 19.8 Å². The summed E-state index contributed by atoms with van der Waals surface area (Å²) in [5.74, 6) is 0.365. The van der Waals surface area contributed by atoms with Crippen molar-refractivity contribution in [3.8, 4) is 0 Å². The van der Waals surface area contributed by atoms with Crippen LogP contribution in [0.3, 0.4) is 0 Å². The van der Waals surface area contributed by atoms with Crippen molar-refractivity contribution in [2.24, 2.45) is 17.3 Å². The Bertz CT molecular complexity index is 1010. The van der Waals surface area contributed by atoms with Gasteiger partial charge in [0.25, 0.3) is 0 Å². The van der Waals surface area contributed by atoms with Gasteiger partial charge >= 0.3 is 5.97 Å². The number of ether oxygens (including phenoxy) is 2. The smallest absolute Gasteiger partial charge is 0.309 e. The van der Waals surface area contributed by atoms with Crippen LogP contribution in [0.4, 0.5) is 0 Å². The highest BCUT2D eigenvalue weighted by atomic mass is 32.2. The van der Waals surface area contributed by atoms with E-state index in [2.05, 4.69) is 13.8 Å². The van der Waals surface area contributed by atoms with E-state index in [4.69, 9.17) is 14.5 Å². The number of aliphatic hydroxyl groups excluding tert-OH is 2. The molecule has 9 heteroatoms. The van der Waals surface area contributed by atoms with Gasteiger partial charge in [0.15, 0.2) is 0 Å². The van der Waals surface area contributed by atoms with Crippen molar-refractivity contribution in [1.82, 2.24) is 4.98 Å². The van der Waals surface area contributed by atoms with Crippen molar-refractivity contribution in [1.29, 1.82) is 0 Å². The molecule has 0 bridgehead atoms. The summed E-state index contributed by atoms with van der Waals surface area (Å²) in [6.07, 6.45) is 2.00. The molecular weight excluding hydrogens is 522 g/mol. The minimum absolute atomic E-state index is 0.0504. The second-order valence-electron chi connectivity index (χ2n) is 11.8. The van der Waals surface area contributed by atoms with Gasteiger partial charge in [-0.05, 0) is 50.0 Å². The summed E-state index contributed by atoms with van der Waals surface area (Å²) in [6.45, 7) is 13.1. The van der Waals surface area contributed by atoms with E-state index in [1.807, 2.05) is 37.1 Å². The number of ketones is 1. The largest absolute Gasteiger partial charge is 0.458 e. The molecule has 0 radical (unpaired) electrons. The van der Waals surface area contributed by atoms with E-state index in [0.29, 0.717) is 6.42 Å². The molecule has 2 saturated heterocycles. The molecular formula is C29H45NO6S2. The fourth-order valence-electron chi connectivity index (χ4n) is 5.27. The minimum Gasteiger partial charge on any atom is -0.458 e. The Morgan fingerprint density at radius 2 is 1.97 bits per heavy atom. The maximum Gasteiger partial charge on any atom is 0.309 e. The highest BCUT2D eigenvalue weighted by molar-refractivity contribution is 7.98. The number of thiazole rings is 1. The van der Waals surface area contributed by atoms with Crippen LogP contribution in [-0.4, -0.2) is 62.7 Å². The van der Waals surface area contributed by atoms with E-state index in [-0.39, 0.29) is 29.8 Å². The van der Waals surface area contributed by atoms with Crippen molar-refractivity contribution in [3.63, 3.8) is 0 Å². The van der Waals surface area contributed by atoms with Gasteiger partial charge < -0.3 is 19.7 Å². The zero-order valence-corrected chi connectivity index (χ0v) is 25.5. The monoisotopic (exact) mass is 567 g/mol. The van der Waals surface area contributed by atoms with E-state index in [1.165, 1.54) is 0 Å². The lowest BCUT2D eigenvalue weighted by Crippen LogP contribution is -2.45. The third-order valence-electron chi connectivity index (χ3n) is 8.29. The summed E-state index contributed by atoms with van der Waals surface area (Å²) >= 11 is 3.45. The Morgan fingerprint density at radius 1 is 1.26 bits per heavy atom. The first-order valence-corrected chi connectivity index (χ1v) is 15.8. The maximum absolute atomic E-state index is 13.3. The molecule has 0 spiro atoms. The lowest BCUT2D eigenvalue weighted by atomic mass is 9.73. The minimum atomic E-state index is -1.23. The highest BCUT2D eigenvalue weighted by Gasteiger charge is 2.53. The van der Waals surface area contributed by atoms with E-state index < -0.39 is 35.6 Å². The average Bonchev–Trinajstić information content (AvgIpc) is 3.27. The van der Waals surface area contributed by atoms with Gasteiger partial charge in [0.05, 0.1) is 41.4 Å². The zero-order chi connectivity index (χ0) is 28.3. The highest BCUT2D eigenvalue weighted by Crippen LogP contribution is 2.45. The number of thioether (sulfide) groups is 1. The molecule has 1 aromatic heterocycles. The Morgan fingerprint density at radius 3 is 2.66 bits per heavy atom. The average molecular weight is 568 g/mol. The molecule has 7 nitrogen and oxygen atoms in total. The first-order chi connectivity index (χ1) is 17.8. The molecule has 2 fully saturated rings. The predicted molar refractivity (Wildman–Crippen MR) is 153 cm³/mol. The van der Waals surface area contributed by atoms with Crippen LogP contribution >= 0.6 is 23.1 Å². The third kappa shape index (κ3) is 7.68. The van der Waals surface area contributed by atoms with Crippen molar-refractivity contribution < 1.29 is 29.3 Å². The van der Waals surface area contributed by atoms with Gasteiger partial charge in [0.1, 0.15) is 16.9 Å². The Kier molecular flexibility index (Phi) is 10.6. The quantitative estimate of drug-likeness (QED) is 0.359. The van der Waals surface area contributed by atoms with Crippen molar-refractivity contribution >= 4 is 40.9 Å². The molecule has 3 rings (SSSR count). The van der Waals surface area contributed by atoms with Gasteiger partial charge in [-0.25, -0.2) is 4.98 Å². The number of carbonyl (C=O) groups is 2. The van der Waals surface area contributed by atoms with Crippen LogP contribution in [0, 0.1) is 17.3 Å². The SMILES string of the molecule is CCSCc1nc(C=C(C)[C@@H]2C[C@@H]3O[C@]3(C)CCC[C@H](C)[C@H](O)[C@@H](C)C(=O)C(C)(C)[C@@H](O)CC(=O)O2)cs1. The van der Waals surface area contributed by atoms with Gasteiger partial charge in [-0.3, -0.25) is 9.59 Å². The second-order valence-corrected chi connectivity index (χ2v) is 14.0. The molecule has 7 atom stereocenters.